The highest BCUT2D eigenvalue weighted by atomic mass is 16.5. The van der Waals surface area contributed by atoms with Crippen molar-refractivity contribution in [2.45, 2.75) is 20.3 Å². The molecule has 0 aromatic carbocycles. The van der Waals surface area contributed by atoms with Crippen LogP contribution in [-0.2, 0) is 16.0 Å². The lowest BCUT2D eigenvalue weighted by Gasteiger charge is -2.21. The van der Waals surface area contributed by atoms with Gasteiger partial charge in [-0.2, -0.15) is 4.98 Å². The molecule has 1 rings (SSSR count). The fourth-order valence-electron chi connectivity index (χ4n) is 1.25. The van der Waals surface area contributed by atoms with E-state index in [1.165, 1.54) is 13.5 Å². The molecule has 0 aliphatic carbocycles. The van der Waals surface area contributed by atoms with Gasteiger partial charge >= 0.3 is 5.97 Å². The molecule has 6 nitrogen and oxygen atoms in total. The summed E-state index contributed by atoms with van der Waals surface area (Å²) in [5.74, 6) is 0.433. The van der Waals surface area contributed by atoms with Crippen LogP contribution in [0.25, 0.3) is 0 Å². The molecule has 0 saturated carbocycles. The lowest BCUT2D eigenvalue weighted by molar-refractivity contribution is -0.150. The SMILES string of the molecule is COC(=O)C(C)(C)CNCCc1ncon1. The summed E-state index contributed by atoms with van der Waals surface area (Å²) in [5.41, 5.74) is -0.522. The van der Waals surface area contributed by atoms with E-state index >= 15 is 0 Å². The summed E-state index contributed by atoms with van der Waals surface area (Å²) >= 11 is 0. The maximum atomic E-state index is 11.4. The fraction of sp³-hybridized carbons (Fsp3) is 0.700. The van der Waals surface area contributed by atoms with E-state index in [1.807, 2.05) is 13.8 Å². The van der Waals surface area contributed by atoms with Gasteiger partial charge in [-0.1, -0.05) is 5.16 Å². The number of methoxy groups -OCH3 is 1. The number of ether oxygens (including phenoxy) is 1. The fourth-order valence-corrected chi connectivity index (χ4v) is 1.25. The van der Waals surface area contributed by atoms with Crippen LogP contribution in [0.2, 0.25) is 0 Å². The molecule has 0 fully saturated rings. The van der Waals surface area contributed by atoms with Gasteiger partial charge in [0.15, 0.2) is 5.82 Å². The molecule has 1 N–H and O–H groups in total. The van der Waals surface area contributed by atoms with Crippen LogP contribution in [0.4, 0.5) is 0 Å². The molecule has 0 aliphatic rings. The Balaban J connectivity index is 2.22. The van der Waals surface area contributed by atoms with Gasteiger partial charge in [-0.25, -0.2) is 0 Å². The van der Waals surface area contributed by atoms with Crippen molar-refractivity contribution in [3.63, 3.8) is 0 Å². The van der Waals surface area contributed by atoms with Crippen molar-refractivity contribution in [2.75, 3.05) is 20.2 Å². The first-order valence-corrected chi connectivity index (χ1v) is 5.10. The van der Waals surface area contributed by atoms with Crippen molar-refractivity contribution < 1.29 is 14.1 Å². The van der Waals surface area contributed by atoms with E-state index in [4.69, 9.17) is 4.74 Å². The number of nitrogens with zero attached hydrogens (tertiary/aromatic N) is 2. The molecule has 0 saturated heterocycles. The zero-order chi connectivity index (χ0) is 12.0. The first kappa shape index (κ1) is 12.6. The number of hydrogen-bond acceptors (Lipinski definition) is 6. The van der Waals surface area contributed by atoms with Crippen LogP contribution >= 0.6 is 0 Å². The number of hydrogen-bond donors (Lipinski definition) is 1. The van der Waals surface area contributed by atoms with Gasteiger partial charge in [-0.15, -0.1) is 0 Å². The van der Waals surface area contributed by atoms with Crippen LogP contribution in [0, 0.1) is 5.41 Å². The summed E-state index contributed by atoms with van der Waals surface area (Å²) in [4.78, 5) is 15.2. The minimum atomic E-state index is -0.522. The van der Waals surface area contributed by atoms with Gasteiger partial charge in [0.2, 0.25) is 6.39 Å². The Kier molecular flexibility index (Phi) is 4.42. The highest BCUT2D eigenvalue weighted by molar-refractivity contribution is 5.76. The Bertz CT molecular complexity index is 322. The predicted molar refractivity (Wildman–Crippen MR) is 56.7 cm³/mol. The summed E-state index contributed by atoms with van der Waals surface area (Å²) in [6.07, 6.45) is 1.97. The van der Waals surface area contributed by atoms with Gasteiger partial charge in [0.1, 0.15) is 0 Å². The molecule has 0 amide bonds. The van der Waals surface area contributed by atoms with E-state index in [1.54, 1.807) is 0 Å². The molecule has 90 valence electrons. The highest BCUT2D eigenvalue weighted by Crippen LogP contribution is 2.14. The molecule has 1 aromatic heterocycles. The Morgan fingerprint density at radius 1 is 1.62 bits per heavy atom. The predicted octanol–water partition coefficient (Wildman–Crippen LogP) is 0.401. The third kappa shape index (κ3) is 3.62. The minimum Gasteiger partial charge on any atom is -0.469 e. The smallest absolute Gasteiger partial charge is 0.312 e. The Labute approximate surface area is 94.4 Å². The van der Waals surface area contributed by atoms with Crippen LogP contribution in [0.1, 0.15) is 19.7 Å². The van der Waals surface area contributed by atoms with Crippen LogP contribution in [0.15, 0.2) is 10.9 Å². The van der Waals surface area contributed by atoms with E-state index in [-0.39, 0.29) is 5.97 Å². The van der Waals surface area contributed by atoms with Gasteiger partial charge in [0.25, 0.3) is 0 Å². The summed E-state index contributed by atoms with van der Waals surface area (Å²) in [6.45, 7) is 4.91. The first-order valence-electron chi connectivity index (χ1n) is 5.10. The standard InChI is InChI=1S/C10H17N3O3/c1-10(2,9(14)15-3)6-11-5-4-8-12-7-16-13-8/h7,11H,4-6H2,1-3H3. The van der Waals surface area contributed by atoms with E-state index < -0.39 is 5.41 Å². The van der Waals surface area contributed by atoms with E-state index in [2.05, 4.69) is 20.0 Å². The molecule has 0 aliphatic heterocycles. The molecule has 1 aromatic rings. The van der Waals surface area contributed by atoms with Crippen LogP contribution in [0.5, 0.6) is 0 Å². The number of carbonyl (C=O) groups is 1. The quantitative estimate of drug-likeness (QED) is 0.560. The van der Waals surface area contributed by atoms with Crippen LogP contribution in [-0.4, -0.2) is 36.3 Å². The third-order valence-electron chi connectivity index (χ3n) is 2.24. The van der Waals surface area contributed by atoms with Gasteiger partial charge in [-0.05, 0) is 13.8 Å². The maximum absolute atomic E-state index is 11.4. The first-order chi connectivity index (χ1) is 7.56. The van der Waals surface area contributed by atoms with Crippen LogP contribution < -0.4 is 5.32 Å². The molecule has 0 spiro atoms. The third-order valence-corrected chi connectivity index (χ3v) is 2.24. The number of nitrogens with one attached hydrogen (secondary N) is 1. The molecule has 0 unspecified atom stereocenters. The number of aromatic nitrogens is 2. The Morgan fingerprint density at radius 2 is 2.38 bits per heavy atom. The van der Waals surface area contributed by atoms with Crippen LogP contribution in [0.3, 0.4) is 0 Å². The summed E-state index contributed by atoms with van der Waals surface area (Å²) in [5, 5.41) is 6.84. The topological polar surface area (TPSA) is 77.2 Å². The maximum Gasteiger partial charge on any atom is 0.312 e. The number of esters is 1. The van der Waals surface area contributed by atoms with Crippen molar-refractivity contribution in [1.82, 2.24) is 15.5 Å². The summed E-state index contributed by atoms with van der Waals surface area (Å²) in [7, 11) is 1.39. The second kappa shape index (κ2) is 5.60. The van der Waals surface area contributed by atoms with Gasteiger partial charge < -0.3 is 14.6 Å². The lowest BCUT2D eigenvalue weighted by Crippen LogP contribution is -2.37. The molecular weight excluding hydrogens is 210 g/mol. The van der Waals surface area contributed by atoms with Crippen molar-refractivity contribution in [2.24, 2.45) is 5.41 Å². The summed E-state index contributed by atoms with van der Waals surface area (Å²) in [6, 6.07) is 0. The van der Waals surface area contributed by atoms with Gasteiger partial charge in [-0.3, -0.25) is 4.79 Å². The Morgan fingerprint density at radius 3 is 2.94 bits per heavy atom. The van der Waals surface area contributed by atoms with Gasteiger partial charge in [0.05, 0.1) is 12.5 Å². The molecule has 1 heterocycles. The van der Waals surface area contributed by atoms with Crippen molar-refractivity contribution in [3.05, 3.63) is 12.2 Å². The average molecular weight is 227 g/mol. The zero-order valence-corrected chi connectivity index (χ0v) is 9.82. The molecular formula is C10H17N3O3. The largest absolute Gasteiger partial charge is 0.469 e. The molecule has 0 bridgehead atoms. The van der Waals surface area contributed by atoms with E-state index in [9.17, 15) is 4.79 Å². The molecule has 0 radical (unpaired) electrons. The molecule has 0 atom stereocenters. The molecule has 6 heteroatoms. The van der Waals surface area contributed by atoms with Crippen molar-refractivity contribution in [1.29, 1.82) is 0 Å². The number of carbonyl (C=O) groups excluding carboxylic acids is 1. The minimum absolute atomic E-state index is 0.223. The van der Waals surface area contributed by atoms with E-state index in [0.29, 0.717) is 25.3 Å². The second-order valence-corrected chi connectivity index (χ2v) is 4.15. The molecule has 16 heavy (non-hydrogen) atoms. The Hall–Kier alpha value is -1.43. The van der Waals surface area contributed by atoms with Gasteiger partial charge in [0, 0.05) is 19.5 Å². The zero-order valence-electron chi connectivity index (χ0n) is 9.82. The number of rotatable bonds is 6. The lowest BCUT2D eigenvalue weighted by atomic mass is 9.94. The summed E-state index contributed by atoms with van der Waals surface area (Å²) < 4.78 is 9.30. The monoisotopic (exact) mass is 227 g/mol. The van der Waals surface area contributed by atoms with E-state index in [0.717, 1.165) is 0 Å². The highest BCUT2D eigenvalue weighted by Gasteiger charge is 2.27. The second-order valence-electron chi connectivity index (χ2n) is 4.15. The van der Waals surface area contributed by atoms with Crippen molar-refractivity contribution in [3.8, 4) is 0 Å². The van der Waals surface area contributed by atoms with Crippen molar-refractivity contribution >= 4 is 5.97 Å². The normalized spacial score (nSPS) is 11.4. The average Bonchev–Trinajstić information content (AvgIpc) is 2.76.